The number of benzene rings is 1. The molecule has 2 rings (SSSR count). The van der Waals surface area contributed by atoms with E-state index in [9.17, 15) is 0 Å². The molecule has 0 fully saturated rings. The van der Waals surface area contributed by atoms with Crippen LogP contribution in [0.2, 0.25) is 0 Å². The Hall–Kier alpha value is -1.94. The van der Waals surface area contributed by atoms with Crippen molar-refractivity contribution in [2.45, 2.75) is 6.54 Å². The monoisotopic (exact) mass is 246 g/mol. The second-order valence-corrected chi connectivity index (χ2v) is 4.23. The van der Waals surface area contributed by atoms with Crippen molar-refractivity contribution < 1.29 is 9.15 Å². The van der Waals surface area contributed by atoms with Crippen LogP contribution in [-0.4, -0.2) is 25.1 Å². The van der Waals surface area contributed by atoms with E-state index in [0.717, 1.165) is 30.3 Å². The Morgan fingerprint density at radius 1 is 1.22 bits per heavy atom. The second-order valence-electron chi connectivity index (χ2n) is 4.23. The number of nitrogen functional groups attached to an aromatic ring is 1. The van der Waals surface area contributed by atoms with Crippen molar-refractivity contribution >= 4 is 5.69 Å². The maximum absolute atomic E-state index is 5.62. The molecule has 1 heterocycles. The second kappa shape index (κ2) is 6.12. The molecule has 0 amide bonds. The molecule has 0 aliphatic heterocycles. The highest BCUT2D eigenvalue weighted by atomic mass is 16.5. The summed E-state index contributed by atoms with van der Waals surface area (Å²) in [7, 11) is 2.04. The molecule has 0 saturated heterocycles. The summed E-state index contributed by atoms with van der Waals surface area (Å²) in [6.07, 6.45) is 1.69. The molecule has 96 valence electrons. The predicted molar refractivity (Wildman–Crippen MR) is 71.4 cm³/mol. The van der Waals surface area contributed by atoms with Gasteiger partial charge in [0.2, 0.25) is 0 Å². The van der Waals surface area contributed by atoms with Crippen LogP contribution >= 0.6 is 0 Å². The van der Waals surface area contributed by atoms with E-state index in [1.54, 1.807) is 6.26 Å². The minimum atomic E-state index is 0.640. The fraction of sp³-hybridized carbons (Fsp3) is 0.286. The van der Waals surface area contributed by atoms with Gasteiger partial charge in [0.25, 0.3) is 0 Å². The van der Waals surface area contributed by atoms with E-state index in [-0.39, 0.29) is 0 Å². The quantitative estimate of drug-likeness (QED) is 0.795. The third-order valence-electron chi connectivity index (χ3n) is 2.63. The molecule has 0 unspecified atom stereocenters. The summed E-state index contributed by atoms with van der Waals surface area (Å²) in [6.45, 7) is 2.27. The molecule has 0 aliphatic rings. The van der Waals surface area contributed by atoms with E-state index in [1.165, 1.54) is 0 Å². The van der Waals surface area contributed by atoms with Crippen LogP contribution in [0.15, 0.2) is 47.1 Å². The van der Waals surface area contributed by atoms with Gasteiger partial charge in [-0.3, -0.25) is 4.90 Å². The van der Waals surface area contributed by atoms with Gasteiger partial charge in [-0.1, -0.05) is 0 Å². The smallest absolute Gasteiger partial charge is 0.119 e. The summed E-state index contributed by atoms with van der Waals surface area (Å²) >= 11 is 0. The van der Waals surface area contributed by atoms with Crippen LogP contribution in [-0.2, 0) is 6.54 Å². The Morgan fingerprint density at radius 2 is 2.00 bits per heavy atom. The number of ether oxygens (including phenoxy) is 1. The molecule has 0 atom stereocenters. The first-order valence-electron chi connectivity index (χ1n) is 5.93. The predicted octanol–water partition coefficient (Wildman–Crippen LogP) is 2.37. The van der Waals surface area contributed by atoms with Gasteiger partial charge < -0.3 is 14.9 Å². The molecule has 0 aliphatic carbocycles. The topological polar surface area (TPSA) is 51.6 Å². The third-order valence-corrected chi connectivity index (χ3v) is 2.63. The van der Waals surface area contributed by atoms with Crippen molar-refractivity contribution in [2.24, 2.45) is 0 Å². The van der Waals surface area contributed by atoms with Gasteiger partial charge in [-0.25, -0.2) is 0 Å². The van der Waals surface area contributed by atoms with Crippen LogP contribution < -0.4 is 10.5 Å². The van der Waals surface area contributed by atoms with Gasteiger partial charge in [-0.2, -0.15) is 0 Å². The zero-order valence-electron chi connectivity index (χ0n) is 10.5. The minimum absolute atomic E-state index is 0.640. The molecule has 18 heavy (non-hydrogen) atoms. The normalized spacial score (nSPS) is 10.8. The summed E-state index contributed by atoms with van der Waals surface area (Å²) in [4.78, 5) is 2.15. The molecule has 2 N–H and O–H groups in total. The van der Waals surface area contributed by atoms with E-state index < -0.39 is 0 Å². The SMILES string of the molecule is CN(CCOc1ccc(N)cc1)Cc1ccco1. The summed E-state index contributed by atoms with van der Waals surface area (Å²) in [5.41, 5.74) is 6.35. The number of anilines is 1. The van der Waals surface area contributed by atoms with Gasteiger partial charge in [0.1, 0.15) is 18.1 Å². The average molecular weight is 246 g/mol. The summed E-state index contributed by atoms with van der Waals surface area (Å²) in [6, 6.07) is 11.3. The Labute approximate surface area is 107 Å². The number of likely N-dealkylation sites (N-methyl/N-ethyl adjacent to an activating group) is 1. The Kier molecular flexibility index (Phi) is 4.25. The first-order chi connectivity index (χ1) is 8.74. The molecule has 4 nitrogen and oxygen atoms in total. The van der Waals surface area contributed by atoms with Crippen LogP contribution in [0.3, 0.4) is 0 Å². The zero-order valence-corrected chi connectivity index (χ0v) is 10.5. The number of rotatable bonds is 6. The van der Waals surface area contributed by atoms with Crippen LogP contribution in [0, 0.1) is 0 Å². The largest absolute Gasteiger partial charge is 0.492 e. The lowest BCUT2D eigenvalue weighted by Crippen LogP contribution is -2.23. The maximum Gasteiger partial charge on any atom is 0.119 e. The fourth-order valence-corrected chi connectivity index (χ4v) is 1.63. The van der Waals surface area contributed by atoms with Gasteiger partial charge in [0.05, 0.1) is 12.8 Å². The highest BCUT2D eigenvalue weighted by Crippen LogP contribution is 2.13. The Bertz CT molecular complexity index is 451. The molecule has 0 radical (unpaired) electrons. The Morgan fingerprint density at radius 3 is 2.67 bits per heavy atom. The summed E-state index contributed by atoms with van der Waals surface area (Å²) in [5, 5.41) is 0. The molecular formula is C14H18N2O2. The lowest BCUT2D eigenvalue weighted by Gasteiger charge is -2.15. The van der Waals surface area contributed by atoms with Gasteiger partial charge in [-0.05, 0) is 43.4 Å². The third kappa shape index (κ3) is 3.82. The maximum atomic E-state index is 5.62. The highest BCUT2D eigenvalue weighted by molar-refractivity contribution is 5.41. The number of nitrogens with two attached hydrogens (primary N) is 1. The number of hydrogen-bond acceptors (Lipinski definition) is 4. The number of hydrogen-bond donors (Lipinski definition) is 1. The molecule has 2 aromatic rings. The van der Waals surface area contributed by atoms with Gasteiger partial charge in [0.15, 0.2) is 0 Å². The zero-order chi connectivity index (χ0) is 12.8. The number of furan rings is 1. The molecule has 0 saturated carbocycles. The van der Waals surface area contributed by atoms with Crippen molar-refractivity contribution in [2.75, 3.05) is 25.9 Å². The molecule has 0 bridgehead atoms. The van der Waals surface area contributed by atoms with Crippen molar-refractivity contribution in [1.82, 2.24) is 4.90 Å². The summed E-state index contributed by atoms with van der Waals surface area (Å²) < 4.78 is 10.9. The van der Waals surface area contributed by atoms with Crippen LogP contribution in [0.4, 0.5) is 5.69 Å². The lowest BCUT2D eigenvalue weighted by atomic mass is 10.3. The van der Waals surface area contributed by atoms with Crippen LogP contribution in [0.5, 0.6) is 5.75 Å². The van der Waals surface area contributed by atoms with E-state index in [2.05, 4.69) is 4.90 Å². The molecular weight excluding hydrogens is 228 g/mol. The first kappa shape index (κ1) is 12.5. The van der Waals surface area contributed by atoms with E-state index in [1.807, 2.05) is 43.4 Å². The van der Waals surface area contributed by atoms with E-state index in [4.69, 9.17) is 14.9 Å². The molecule has 1 aromatic heterocycles. The summed E-state index contributed by atoms with van der Waals surface area (Å²) in [5.74, 6) is 1.81. The van der Waals surface area contributed by atoms with Gasteiger partial charge in [-0.15, -0.1) is 0 Å². The Balaban J connectivity index is 1.70. The van der Waals surface area contributed by atoms with E-state index in [0.29, 0.717) is 6.61 Å². The standard InChI is InChI=1S/C14H18N2O2/c1-16(11-14-3-2-9-17-14)8-10-18-13-6-4-12(15)5-7-13/h2-7,9H,8,10-11,15H2,1H3. The van der Waals surface area contributed by atoms with Gasteiger partial charge in [0, 0.05) is 12.2 Å². The van der Waals surface area contributed by atoms with Crippen molar-refractivity contribution in [3.63, 3.8) is 0 Å². The highest BCUT2D eigenvalue weighted by Gasteiger charge is 2.02. The van der Waals surface area contributed by atoms with Crippen molar-refractivity contribution in [3.8, 4) is 5.75 Å². The fourth-order valence-electron chi connectivity index (χ4n) is 1.63. The number of nitrogens with zero attached hydrogens (tertiary/aromatic N) is 1. The average Bonchev–Trinajstić information content (AvgIpc) is 2.84. The lowest BCUT2D eigenvalue weighted by molar-refractivity contribution is 0.222. The first-order valence-corrected chi connectivity index (χ1v) is 5.93. The van der Waals surface area contributed by atoms with Crippen LogP contribution in [0.25, 0.3) is 0 Å². The van der Waals surface area contributed by atoms with E-state index >= 15 is 0 Å². The molecule has 1 aromatic carbocycles. The minimum Gasteiger partial charge on any atom is -0.492 e. The molecule has 0 spiro atoms. The molecule has 4 heteroatoms. The van der Waals surface area contributed by atoms with Crippen LogP contribution in [0.1, 0.15) is 5.76 Å². The van der Waals surface area contributed by atoms with Crippen molar-refractivity contribution in [3.05, 3.63) is 48.4 Å². The van der Waals surface area contributed by atoms with Crippen molar-refractivity contribution in [1.29, 1.82) is 0 Å². The van der Waals surface area contributed by atoms with Gasteiger partial charge >= 0.3 is 0 Å².